The smallest absolute Gasteiger partial charge is 0.272 e. The van der Waals surface area contributed by atoms with Crippen molar-refractivity contribution in [3.63, 3.8) is 0 Å². The van der Waals surface area contributed by atoms with Gasteiger partial charge in [-0.25, -0.2) is 4.39 Å². The van der Waals surface area contributed by atoms with Crippen LogP contribution in [0.2, 0.25) is 0 Å². The fraction of sp³-hybridized carbons (Fsp3) is 0.0714. The molecule has 0 unspecified atom stereocenters. The Hall–Kier alpha value is -2.98. The van der Waals surface area contributed by atoms with Crippen molar-refractivity contribution >= 4 is 5.69 Å². The Bertz CT molecular complexity index is 737. The third-order valence-corrected chi connectivity index (χ3v) is 2.43. The van der Waals surface area contributed by atoms with Gasteiger partial charge in [0, 0.05) is 24.5 Å². The first-order chi connectivity index (χ1) is 10.1. The SMILES string of the molecule is O=[N+]([O-])c1ccc(Oc2ccncc2C#CCO)c(F)c1. The van der Waals surface area contributed by atoms with Gasteiger partial charge in [-0.3, -0.25) is 15.1 Å². The second kappa shape index (κ2) is 6.45. The Balaban J connectivity index is 2.32. The van der Waals surface area contributed by atoms with Crippen molar-refractivity contribution in [3.05, 3.63) is 58.2 Å². The van der Waals surface area contributed by atoms with E-state index in [-0.39, 0.29) is 23.8 Å². The fourth-order valence-electron chi connectivity index (χ4n) is 1.50. The number of hydrogen-bond acceptors (Lipinski definition) is 5. The van der Waals surface area contributed by atoms with Gasteiger partial charge in [0.05, 0.1) is 16.6 Å². The molecule has 1 N–H and O–H groups in total. The number of aliphatic hydroxyl groups excluding tert-OH is 1. The zero-order chi connectivity index (χ0) is 15.2. The zero-order valence-corrected chi connectivity index (χ0v) is 10.6. The topological polar surface area (TPSA) is 85.5 Å². The zero-order valence-electron chi connectivity index (χ0n) is 10.6. The summed E-state index contributed by atoms with van der Waals surface area (Å²) in [6, 6.07) is 4.55. The number of hydrogen-bond donors (Lipinski definition) is 1. The van der Waals surface area contributed by atoms with Crippen LogP contribution in [0.15, 0.2) is 36.7 Å². The maximum atomic E-state index is 13.8. The third kappa shape index (κ3) is 3.52. The Morgan fingerprint density at radius 3 is 2.86 bits per heavy atom. The number of nitrogens with zero attached hydrogens (tertiary/aromatic N) is 2. The van der Waals surface area contributed by atoms with Crippen molar-refractivity contribution in [2.75, 3.05) is 6.61 Å². The Morgan fingerprint density at radius 2 is 2.19 bits per heavy atom. The number of aromatic nitrogens is 1. The molecule has 0 saturated carbocycles. The summed E-state index contributed by atoms with van der Waals surface area (Å²) < 4.78 is 19.1. The van der Waals surface area contributed by atoms with Crippen molar-refractivity contribution < 1.29 is 19.2 Å². The van der Waals surface area contributed by atoms with Crippen LogP contribution in [0, 0.1) is 27.8 Å². The number of ether oxygens (including phenoxy) is 1. The van der Waals surface area contributed by atoms with Crippen LogP contribution < -0.4 is 4.74 Å². The van der Waals surface area contributed by atoms with E-state index in [1.165, 1.54) is 18.5 Å². The van der Waals surface area contributed by atoms with Crippen LogP contribution in [0.3, 0.4) is 0 Å². The molecule has 0 spiro atoms. The highest BCUT2D eigenvalue weighted by atomic mass is 19.1. The van der Waals surface area contributed by atoms with Crippen LogP contribution in [0.5, 0.6) is 11.5 Å². The molecule has 0 atom stereocenters. The van der Waals surface area contributed by atoms with Gasteiger partial charge < -0.3 is 9.84 Å². The van der Waals surface area contributed by atoms with E-state index in [2.05, 4.69) is 16.8 Å². The number of aliphatic hydroxyl groups is 1. The van der Waals surface area contributed by atoms with E-state index in [0.717, 1.165) is 18.2 Å². The van der Waals surface area contributed by atoms with Gasteiger partial charge in [-0.2, -0.15) is 0 Å². The summed E-state index contributed by atoms with van der Waals surface area (Å²) in [5.41, 5.74) is -0.000762. The molecule has 0 bridgehead atoms. The number of nitro benzene ring substituents is 1. The van der Waals surface area contributed by atoms with Crippen molar-refractivity contribution in [2.45, 2.75) is 0 Å². The quantitative estimate of drug-likeness (QED) is 0.532. The lowest BCUT2D eigenvalue weighted by Crippen LogP contribution is -1.94. The van der Waals surface area contributed by atoms with Crippen LogP contribution >= 0.6 is 0 Å². The largest absolute Gasteiger partial charge is 0.453 e. The van der Waals surface area contributed by atoms with E-state index in [1.54, 1.807) is 0 Å². The number of halogens is 1. The van der Waals surface area contributed by atoms with Gasteiger partial charge >= 0.3 is 0 Å². The predicted octanol–water partition coefficient (Wildman–Crippen LogP) is 2.26. The van der Waals surface area contributed by atoms with Gasteiger partial charge in [-0.15, -0.1) is 0 Å². The van der Waals surface area contributed by atoms with Gasteiger partial charge in [0.2, 0.25) is 0 Å². The Morgan fingerprint density at radius 1 is 1.38 bits per heavy atom. The highest BCUT2D eigenvalue weighted by molar-refractivity contribution is 5.47. The fourth-order valence-corrected chi connectivity index (χ4v) is 1.50. The Labute approximate surface area is 119 Å². The highest BCUT2D eigenvalue weighted by Crippen LogP contribution is 2.28. The van der Waals surface area contributed by atoms with Crippen LogP contribution in [-0.2, 0) is 0 Å². The maximum Gasteiger partial charge on any atom is 0.272 e. The standard InChI is InChI=1S/C14H9FN2O4/c15-12-8-11(17(19)20)3-4-14(12)21-13-5-6-16-9-10(13)2-1-7-18/h3-6,8-9,18H,7H2. The monoisotopic (exact) mass is 288 g/mol. The molecular weight excluding hydrogens is 279 g/mol. The molecule has 0 aliphatic carbocycles. The van der Waals surface area contributed by atoms with Gasteiger partial charge in [-0.05, 0) is 6.07 Å². The molecule has 2 aromatic rings. The molecule has 0 aliphatic heterocycles. The van der Waals surface area contributed by atoms with Crippen LogP contribution in [-0.4, -0.2) is 21.6 Å². The minimum absolute atomic E-state index is 0.168. The Kier molecular flexibility index (Phi) is 4.43. The predicted molar refractivity (Wildman–Crippen MR) is 71.3 cm³/mol. The number of rotatable bonds is 3. The first-order valence-corrected chi connectivity index (χ1v) is 5.77. The van der Waals surface area contributed by atoms with E-state index in [0.29, 0.717) is 5.56 Å². The van der Waals surface area contributed by atoms with E-state index < -0.39 is 10.7 Å². The van der Waals surface area contributed by atoms with Crippen molar-refractivity contribution in [1.82, 2.24) is 4.98 Å². The molecule has 21 heavy (non-hydrogen) atoms. The number of benzene rings is 1. The average molecular weight is 288 g/mol. The van der Waals surface area contributed by atoms with Crippen LogP contribution in [0.1, 0.15) is 5.56 Å². The molecule has 0 saturated heterocycles. The van der Waals surface area contributed by atoms with Crippen molar-refractivity contribution in [3.8, 4) is 23.3 Å². The molecule has 0 amide bonds. The van der Waals surface area contributed by atoms with Crippen LogP contribution in [0.4, 0.5) is 10.1 Å². The van der Waals surface area contributed by atoms with E-state index in [1.807, 2.05) is 0 Å². The van der Waals surface area contributed by atoms with Gasteiger partial charge in [0.25, 0.3) is 5.69 Å². The van der Waals surface area contributed by atoms with Gasteiger partial charge in [0.15, 0.2) is 11.6 Å². The average Bonchev–Trinajstić information content (AvgIpc) is 2.48. The lowest BCUT2D eigenvalue weighted by Gasteiger charge is -2.08. The molecule has 6 nitrogen and oxygen atoms in total. The van der Waals surface area contributed by atoms with E-state index >= 15 is 0 Å². The molecule has 1 aromatic heterocycles. The first-order valence-electron chi connectivity index (χ1n) is 5.77. The number of pyridine rings is 1. The van der Waals surface area contributed by atoms with Crippen molar-refractivity contribution in [2.24, 2.45) is 0 Å². The first kappa shape index (κ1) is 14.4. The normalized spacial score (nSPS) is 9.62. The minimum Gasteiger partial charge on any atom is -0.453 e. The summed E-state index contributed by atoms with van der Waals surface area (Å²) in [5.74, 6) is 4.25. The molecule has 106 valence electrons. The molecule has 0 fully saturated rings. The lowest BCUT2D eigenvalue weighted by molar-refractivity contribution is -0.385. The summed E-state index contributed by atoms with van der Waals surface area (Å²) in [7, 11) is 0. The molecule has 0 radical (unpaired) electrons. The maximum absolute atomic E-state index is 13.8. The summed E-state index contributed by atoms with van der Waals surface area (Å²) in [4.78, 5) is 13.7. The summed E-state index contributed by atoms with van der Waals surface area (Å²) in [5, 5.41) is 19.2. The summed E-state index contributed by atoms with van der Waals surface area (Å²) >= 11 is 0. The molecule has 0 aliphatic rings. The lowest BCUT2D eigenvalue weighted by atomic mass is 10.2. The number of nitro groups is 1. The van der Waals surface area contributed by atoms with Crippen LogP contribution in [0.25, 0.3) is 0 Å². The second-order valence-corrected chi connectivity index (χ2v) is 3.81. The molecule has 1 heterocycles. The van der Waals surface area contributed by atoms with E-state index in [9.17, 15) is 14.5 Å². The van der Waals surface area contributed by atoms with Gasteiger partial charge in [0.1, 0.15) is 12.4 Å². The van der Waals surface area contributed by atoms with Gasteiger partial charge in [-0.1, -0.05) is 11.8 Å². The third-order valence-electron chi connectivity index (χ3n) is 2.43. The highest BCUT2D eigenvalue weighted by Gasteiger charge is 2.13. The second-order valence-electron chi connectivity index (χ2n) is 3.81. The van der Waals surface area contributed by atoms with Crippen molar-refractivity contribution in [1.29, 1.82) is 0 Å². The molecule has 2 rings (SSSR count). The summed E-state index contributed by atoms with van der Waals surface area (Å²) in [6.07, 6.45) is 2.84. The molecular formula is C14H9FN2O4. The minimum atomic E-state index is -0.859. The number of non-ortho nitro benzene ring substituents is 1. The van der Waals surface area contributed by atoms with E-state index in [4.69, 9.17) is 9.84 Å². The molecule has 7 heteroatoms. The molecule has 1 aromatic carbocycles. The summed E-state index contributed by atoms with van der Waals surface area (Å²) in [6.45, 7) is -0.333.